The van der Waals surface area contributed by atoms with Crippen LogP contribution >= 0.6 is 0 Å². The van der Waals surface area contributed by atoms with Gasteiger partial charge in [-0.1, -0.05) is 6.42 Å². The zero-order valence-corrected chi connectivity index (χ0v) is 13.3. The maximum Gasteiger partial charge on any atom is 0.232 e. The van der Waals surface area contributed by atoms with Gasteiger partial charge < -0.3 is 5.32 Å². The van der Waals surface area contributed by atoms with E-state index in [2.05, 4.69) is 5.32 Å². The lowest BCUT2D eigenvalue weighted by Gasteiger charge is -2.26. The van der Waals surface area contributed by atoms with Gasteiger partial charge in [-0.15, -0.1) is 0 Å². The molecule has 1 fully saturated rings. The van der Waals surface area contributed by atoms with Crippen LogP contribution in [0.15, 0.2) is 12.1 Å². The van der Waals surface area contributed by atoms with E-state index in [-0.39, 0.29) is 24.9 Å². The zero-order chi connectivity index (χ0) is 17.2. The number of hydrogen-bond acceptors (Lipinski definition) is 3. The molecule has 0 saturated heterocycles. The van der Waals surface area contributed by atoms with Crippen LogP contribution < -0.4 is 9.62 Å². The van der Waals surface area contributed by atoms with Crippen molar-refractivity contribution in [3.8, 4) is 0 Å². The van der Waals surface area contributed by atoms with E-state index in [1.165, 1.54) is 0 Å². The molecule has 2 rings (SSSR count). The number of rotatable bonds is 6. The molecule has 0 unspecified atom stereocenters. The Morgan fingerprint density at radius 2 is 1.91 bits per heavy atom. The molecule has 1 aromatic carbocycles. The topological polar surface area (TPSA) is 66.5 Å². The van der Waals surface area contributed by atoms with Crippen LogP contribution in [0, 0.1) is 23.4 Å². The minimum atomic E-state index is -3.93. The van der Waals surface area contributed by atoms with Gasteiger partial charge in [0.2, 0.25) is 15.9 Å². The third-order valence-electron chi connectivity index (χ3n) is 3.77. The van der Waals surface area contributed by atoms with Gasteiger partial charge in [-0.25, -0.2) is 21.6 Å². The molecule has 1 amide bonds. The van der Waals surface area contributed by atoms with Gasteiger partial charge in [0.05, 0.1) is 18.5 Å². The lowest BCUT2D eigenvalue weighted by molar-refractivity contribution is -0.127. The van der Waals surface area contributed by atoms with Crippen molar-refractivity contribution in [2.75, 3.05) is 23.7 Å². The number of carbonyl (C=O) groups is 1. The maximum absolute atomic E-state index is 13.8. The first-order chi connectivity index (χ1) is 10.7. The largest absolute Gasteiger partial charge is 0.354 e. The second kappa shape index (κ2) is 6.77. The predicted octanol–water partition coefficient (Wildman–Crippen LogP) is 1.79. The maximum atomic E-state index is 13.8. The molecule has 9 heteroatoms. The molecule has 0 radical (unpaired) electrons. The van der Waals surface area contributed by atoms with Gasteiger partial charge in [0.1, 0.15) is 0 Å². The van der Waals surface area contributed by atoms with Crippen LogP contribution in [0.5, 0.6) is 0 Å². The molecule has 5 nitrogen and oxygen atoms in total. The number of sulfonamides is 1. The van der Waals surface area contributed by atoms with Gasteiger partial charge in [0.25, 0.3) is 0 Å². The van der Waals surface area contributed by atoms with E-state index in [9.17, 15) is 26.4 Å². The van der Waals surface area contributed by atoms with Crippen molar-refractivity contribution in [2.24, 2.45) is 5.92 Å². The number of amides is 1. The van der Waals surface area contributed by atoms with Gasteiger partial charge in [-0.05, 0) is 25.0 Å². The number of nitrogens with zero attached hydrogens (tertiary/aromatic N) is 1. The highest BCUT2D eigenvalue weighted by molar-refractivity contribution is 7.92. The molecule has 0 spiro atoms. The molecule has 0 aliphatic heterocycles. The summed E-state index contributed by atoms with van der Waals surface area (Å²) in [5.41, 5.74) is -0.593. The number of nitrogens with one attached hydrogen (secondary N) is 1. The Hall–Kier alpha value is -1.77. The fraction of sp³-hybridized carbons (Fsp3) is 0.500. The second-order valence-corrected chi connectivity index (χ2v) is 7.36. The molecule has 1 aliphatic rings. The van der Waals surface area contributed by atoms with Crippen molar-refractivity contribution in [3.63, 3.8) is 0 Å². The van der Waals surface area contributed by atoms with Crippen molar-refractivity contribution >= 4 is 21.6 Å². The van der Waals surface area contributed by atoms with Crippen molar-refractivity contribution in [2.45, 2.75) is 19.3 Å². The van der Waals surface area contributed by atoms with E-state index in [4.69, 9.17) is 0 Å². The van der Waals surface area contributed by atoms with E-state index < -0.39 is 33.2 Å². The first kappa shape index (κ1) is 17.6. The molecule has 1 aromatic rings. The lowest BCUT2D eigenvalue weighted by Crippen LogP contribution is -2.41. The Labute approximate surface area is 132 Å². The summed E-state index contributed by atoms with van der Waals surface area (Å²) in [4.78, 5) is 11.7. The normalized spacial score (nSPS) is 15.1. The van der Waals surface area contributed by atoms with Crippen molar-refractivity contribution in [1.82, 2.24) is 5.32 Å². The first-order valence-corrected chi connectivity index (χ1v) is 8.95. The van der Waals surface area contributed by atoms with Gasteiger partial charge in [-0.3, -0.25) is 9.10 Å². The first-order valence-electron chi connectivity index (χ1n) is 7.10. The summed E-state index contributed by atoms with van der Waals surface area (Å²) >= 11 is 0. The van der Waals surface area contributed by atoms with Gasteiger partial charge in [0.15, 0.2) is 17.5 Å². The average molecular weight is 350 g/mol. The number of halogens is 3. The number of benzene rings is 1. The minimum absolute atomic E-state index is 0.0547. The summed E-state index contributed by atoms with van der Waals surface area (Å²) < 4.78 is 64.3. The minimum Gasteiger partial charge on any atom is -0.354 e. The highest BCUT2D eigenvalue weighted by Gasteiger charge is 2.27. The summed E-state index contributed by atoms with van der Waals surface area (Å²) in [6, 6.07) is 1.50. The third kappa shape index (κ3) is 3.95. The van der Waals surface area contributed by atoms with E-state index in [1.807, 2.05) is 0 Å². The summed E-state index contributed by atoms with van der Waals surface area (Å²) in [5, 5.41) is 2.57. The van der Waals surface area contributed by atoms with E-state index in [1.54, 1.807) is 0 Å². The fourth-order valence-corrected chi connectivity index (χ4v) is 3.19. The van der Waals surface area contributed by atoms with Crippen LogP contribution in [0.4, 0.5) is 18.9 Å². The second-order valence-electron chi connectivity index (χ2n) is 5.45. The Bertz CT molecular complexity index is 705. The molecule has 0 bridgehead atoms. The summed E-state index contributed by atoms with van der Waals surface area (Å²) in [5.74, 6) is -4.98. The summed E-state index contributed by atoms with van der Waals surface area (Å²) in [6.45, 7) is -0.333. The Balaban J connectivity index is 2.12. The number of carbonyl (C=O) groups excluding carboxylic acids is 1. The summed E-state index contributed by atoms with van der Waals surface area (Å²) in [6.07, 6.45) is 3.38. The lowest BCUT2D eigenvalue weighted by atomic mass is 9.85. The van der Waals surface area contributed by atoms with Crippen molar-refractivity contribution in [1.29, 1.82) is 0 Å². The van der Waals surface area contributed by atoms with Crippen LogP contribution in [0.1, 0.15) is 19.3 Å². The number of hydrogen-bond donors (Lipinski definition) is 1. The molecule has 23 heavy (non-hydrogen) atoms. The van der Waals surface area contributed by atoms with E-state index >= 15 is 0 Å². The van der Waals surface area contributed by atoms with Crippen LogP contribution in [-0.4, -0.2) is 33.7 Å². The van der Waals surface area contributed by atoms with E-state index in [0.717, 1.165) is 31.6 Å². The monoisotopic (exact) mass is 350 g/mol. The Kier molecular flexibility index (Phi) is 5.18. The highest BCUT2D eigenvalue weighted by Crippen LogP contribution is 2.27. The van der Waals surface area contributed by atoms with Crippen LogP contribution in [0.2, 0.25) is 0 Å². The average Bonchev–Trinajstić information content (AvgIpc) is 2.39. The van der Waals surface area contributed by atoms with Crippen LogP contribution in [-0.2, 0) is 14.8 Å². The standard InChI is InChI=1S/C14H17F3N2O3S/c1-23(21,22)19(8-7-18-14(20)9-3-2-4-9)11-6-5-10(15)12(16)13(11)17/h5-6,9H,2-4,7-8H2,1H3,(H,18,20). The number of anilines is 1. The smallest absolute Gasteiger partial charge is 0.232 e. The van der Waals surface area contributed by atoms with Gasteiger partial charge >= 0.3 is 0 Å². The van der Waals surface area contributed by atoms with Crippen LogP contribution in [0.3, 0.4) is 0 Å². The van der Waals surface area contributed by atoms with Crippen molar-refractivity contribution in [3.05, 3.63) is 29.6 Å². The summed E-state index contributed by atoms with van der Waals surface area (Å²) in [7, 11) is -3.93. The van der Waals surface area contributed by atoms with Gasteiger partial charge in [0, 0.05) is 12.5 Å². The predicted molar refractivity (Wildman–Crippen MR) is 78.9 cm³/mol. The molecule has 1 aliphatic carbocycles. The third-order valence-corrected chi connectivity index (χ3v) is 4.95. The molecule has 128 valence electrons. The van der Waals surface area contributed by atoms with Crippen LogP contribution in [0.25, 0.3) is 0 Å². The fourth-order valence-electron chi connectivity index (χ4n) is 2.27. The van der Waals surface area contributed by atoms with Gasteiger partial charge in [-0.2, -0.15) is 0 Å². The molecule has 0 heterocycles. The Morgan fingerprint density at radius 3 is 2.43 bits per heavy atom. The SMILES string of the molecule is CS(=O)(=O)N(CCNC(=O)C1CCC1)c1ccc(F)c(F)c1F. The quantitative estimate of drug-likeness (QED) is 0.796. The molecule has 0 atom stereocenters. The molecular weight excluding hydrogens is 333 g/mol. The zero-order valence-electron chi connectivity index (χ0n) is 12.5. The molecule has 0 aromatic heterocycles. The van der Waals surface area contributed by atoms with Crippen molar-refractivity contribution < 1.29 is 26.4 Å². The Morgan fingerprint density at radius 1 is 1.26 bits per heavy atom. The molecule has 1 N–H and O–H groups in total. The highest BCUT2D eigenvalue weighted by atomic mass is 32.2. The van der Waals surface area contributed by atoms with E-state index in [0.29, 0.717) is 10.4 Å². The molecule has 1 saturated carbocycles. The molecular formula is C14H17F3N2O3S.